The molecule has 1 N–H and O–H groups in total. The molecule has 1 aliphatic heterocycles. The average molecular weight is 491 g/mol. The number of halogens is 2. The zero-order chi connectivity index (χ0) is 25.2. The molecule has 186 valence electrons. The van der Waals surface area contributed by atoms with Crippen LogP contribution in [0.25, 0.3) is 16.9 Å². The van der Waals surface area contributed by atoms with E-state index < -0.39 is 11.6 Å². The molecule has 7 nitrogen and oxygen atoms in total. The second kappa shape index (κ2) is 10.0. The van der Waals surface area contributed by atoms with Gasteiger partial charge in [0, 0.05) is 42.4 Å². The lowest BCUT2D eigenvalue weighted by Gasteiger charge is -2.35. The van der Waals surface area contributed by atoms with E-state index in [0.29, 0.717) is 23.1 Å². The van der Waals surface area contributed by atoms with Crippen molar-refractivity contribution in [2.45, 2.75) is 25.4 Å². The summed E-state index contributed by atoms with van der Waals surface area (Å²) in [5, 5.41) is 7.62. The quantitative estimate of drug-likeness (QED) is 0.433. The van der Waals surface area contributed by atoms with Crippen molar-refractivity contribution >= 4 is 17.4 Å². The summed E-state index contributed by atoms with van der Waals surface area (Å²) >= 11 is 0. The second-order valence-electron chi connectivity index (χ2n) is 9.29. The van der Waals surface area contributed by atoms with Crippen LogP contribution in [-0.4, -0.2) is 63.5 Å². The van der Waals surface area contributed by atoms with Crippen LogP contribution < -0.4 is 5.32 Å². The highest BCUT2D eigenvalue weighted by molar-refractivity contribution is 5.94. The number of anilines is 1. The predicted octanol–water partition coefficient (Wildman–Crippen LogP) is 4.45. The van der Waals surface area contributed by atoms with Crippen molar-refractivity contribution in [1.29, 1.82) is 0 Å². The summed E-state index contributed by atoms with van der Waals surface area (Å²) in [6, 6.07) is 14.9. The largest absolute Gasteiger partial charge is 0.364 e. The fraction of sp³-hybridized carbons (Fsp3) is 0.296. The van der Waals surface area contributed by atoms with Gasteiger partial charge in [-0.05, 0) is 69.4 Å². The standard InChI is InChI=1S/C27H28F2N6O/c1-33(2)22-11-13-34(14-12-22)27(36)19-5-3-18(4-6-19)24-17-31-26-10-9-25(32-35(24)26)30-16-20-15-21(28)7-8-23(20)29/h3-10,15,17,22H,11-14,16H2,1-2H3,(H,30,32). The zero-order valence-corrected chi connectivity index (χ0v) is 20.3. The molecular weight excluding hydrogens is 462 g/mol. The number of rotatable bonds is 6. The molecule has 0 bridgehead atoms. The lowest BCUT2D eigenvalue weighted by atomic mass is 10.0. The Kier molecular flexibility index (Phi) is 6.65. The summed E-state index contributed by atoms with van der Waals surface area (Å²) in [7, 11) is 4.16. The van der Waals surface area contributed by atoms with Crippen LogP contribution in [0.2, 0.25) is 0 Å². The van der Waals surface area contributed by atoms with E-state index in [4.69, 9.17) is 0 Å². The summed E-state index contributed by atoms with van der Waals surface area (Å²) in [6.45, 7) is 1.61. The maximum atomic E-state index is 13.9. The van der Waals surface area contributed by atoms with Gasteiger partial charge in [0.25, 0.3) is 5.91 Å². The number of amides is 1. The number of benzene rings is 2. The molecule has 1 fully saturated rings. The highest BCUT2D eigenvalue weighted by Crippen LogP contribution is 2.23. The number of piperidine rings is 1. The third-order valence-electron chi connectivity index (χ3n) is 6.74. The van der Waals surface area contributed by atoms with Gasteiger partial charge >= 0.3 is 0 Å². The Labute approximate surface area is 208 Å². The van der Waals surface area contributed by atoms with E-state index in [0.717, 1.165) is 55.4 Å². The first-order valence-corrected chi connectivity index (χ1v) is 12.0. The van der Waals surface area contributed by atoms with E-state index in [-0.39, 0.29) is 18.0 Å². The number of carbonyl (C=O) groups excluding carboxylic acids is 1. The summed E-state index contributed by atoms with van der Waals surface area (Å²) in [5.41, 5.74) is 3.15. The topological polar surface area (TPSA) is 65.8 Å². The Morgan fingerprint density at radius 2 is 1.81 bits per heavy atom. The van der Waals surface area contributed by atoms with Crippen molar-refractivity contribution < 1.29 is 13.6 Å². The van der Waals surface area contributed by atoms with E-state index in [1.807, 2.05) is 29.2 Å². The number of fused-ring (bicyclic) bond motifs is 1. The lowest BCUT2D eigenvalue weighted by Crippen LogP contribution is -2.44. The van der Waals surface area contributed by atoms with Gasteiger partial charge in [-0.15, -0.1) is 5.10 Å². The molecule has 0 unspecified atom stereocenters. The van der Waals surface area contributed by atoms with E-state index >= 15 is 0 Å². The fourth-order valence-corrected chi connectivity index (χ4v) is 4.58. The van der Waals surface area contributed by atoms with E-state index in [9.17, 15) is 13.6 Å². The average Bonchev–Trinajstić information content (AvgIpc) is 3.32. The van der Waals surface area contributed by atoms with Crippen molar-refractivity contribution in [3.63, 3.8) is 0 Å². The zero-order valence-electron chi connectivity index (χ0n) is 20.3. The smallest absolute Gasteiger partial charge is 0.253 e. The van der Waals surface area contributed by atoms with Crippen LogP contribution >= 0.6 is 0 Å². The highest BCUT2D eigenvalue weighted by atomic mass is 19.1. The number of imidazole rings is 1. The van der Waals surface area contributed by atoms with Gasteiger partial charge in [0.05, 0.1) is 11.9 Å². The van der Waals surface area contributed by atoms with E-state index in [1.165, 1.54) is 0 Å². The number of likely N-dealkylation sites (tertiary alicyclic amines) is 1. The number of nitrogens with one attached hydrogen (secondary N) is 1. The Morgan fingerprint density at radius 3 is 2.53 bits per heavy atom. The van der Waals surface area contributed by atoms with Crippen LogP contribution in [0.4, 0.5) is 14.6 Å². The molecule has 5 rings (SSSR count). The first-order chi connectivity index (χ1) is 17.4. The van der Waals surface area contributed by atoms with Crippen LogP contribution in [0, 0.1) is 11.6 Å². The van der Waals surface area contributed by atoms with Crippen LogP contribution in [0.3, 0.4) is 0 Å². The highest BCUT2D eigenvalue weighted by Gasteiger charge is 2.24. The monoisotopic (exact) mass is 490 g/mol. The number of aromatic nitrogens is 3. The molecule has 0 aliphatic carbocycles. The normalized spacial score (nSPS) is 14.5. The third-order valence-corrected chi connectivity index (χ3v) is 6.74. The second-order valence-corrected chi connectivity index (χ2v) is 9.29. The number of hydrogen-bond donors (Lipinski definition) is 1. The minimum Gasteiger partial charge on any atom is -0.364 e. The molecular formula is C27H28F2N6O. The van der Waals surface area contributed by atoms with Crippen LogP contribution in [-0.2, 0) is 6.54 Å². The molecule has 1 saturated heterocycles. The van der Waals surface area contributed by atoms with Crippen molar-refractivity contribution in [3.8, 4) is 11.3 Å². The van der Waals surface area contributed by atoms with E-state index in [2.05, 4.69) is 34.4 Å². The Bertz CT molecular complexity index is 1380. The molecule has 2 aromatic heterocycles. The van der Waals surface area contributed by atoms with Gasteiger partial charge in [-0.3, -0.25) is 4.79 Å². The third kappa shape index (κ3) is 4.92. The molecule has 0 saturated carbocycles. The van der Waals surface area contributed by atoms with Crippen molar-refractivity contribution in [2.75, 3.05) is 32.5 Å². The minimum atomic E-state index is -0.492. The maximum absolute atomic E-state index is 13.9. The Hall–Kier alpha value is -3.85. The first-order valence-electron chi connectivity index (χ1n) is 12.0. The van der Waals surface area contributed by atoms with Crippen molar-refractivity contribution in [2.24, 2.45) is 0 Å². The number of carbonyl (C=O) groups is 1. The molecule has 0 spiro atoms. The fourth-order valence-electron chi connectivity index (χ4n) is 4.58. The molecule has 1 aliphatic rings. The molecule has 9 heteroatoms. The molecule has 4 aromatic rings. The van der Waals surface area contributed by atoms with Crippen LogP contribution in [0.15, 0.2) is 60.8 Å². The summed E-state index contributed by atoms with van der Waals surface area (Å²) in [5.74, 6) is -0.428. The molecule has 36 heavy (non-hydrogen) atoms. The van der Waals surface area contributed by atoms with Gasteiger partial charge in [0.1, 0.15) is 17.5 Å². The number of hydrogen-bond acceptors (Lipinski definition) is 5. The maximum Gasteiger partial charge on any atom is 0.253 e. The van der Waals surface area contributed by atoms with E-state index in [1.54, 1.807) is 22.8 Å². The van der Waals surface area contributed by atoms with Gasteiger partial charge in [-0.1, -0.05) is 12.1 Å². The van der Waals surface area contributed by atoms with Crippen LogP contribution in [0.1, 0.15) is 28.8 Å². The molecule has 1 amide bonds. The van der Waals surface area contributed by atoms with Gasteiger partial charge < -0.3 is 15.1 Å². The molecule has 0 radical (unpaired) electrons. The van der Waals surface area contributed by atoms with Crippen molar-refractivity contribution in [1.82, 2.24) is 24.4 Å². The van der Waals surface area contributed by atoms with Gasteiger partial charge in [-0.25, -0.2) is 18.3 Å². The minimum absolute atomic E-state index is 0.0473. The SMILES string of the molecule is CN(C)C1CCN(C(=O)c2ccc(-c3cnc4ccc(NCc5cc(F)ccc5F)nn34)cc2)CC1. The Morgan fingerprint density at radius 1 is 1.06 bits per heavy atom. The Balaban J connectivity index is 1.31. The van der Waals surface area contributed by atoms with Crippen molar-refractivity contribution in [3.05, 3.63) is 83.6 Å². The lowest BCUT2D eigenvalue weighted by molar-refractivity contribution is 0.0663. The van der Waals surface area contributed by atoms with Gasteiger partial charge in [0.2, 0.25) is 0 Å². The molecule has 0 atom stereocenters. The first kappa shape index (κ1) is 23.9. The molecule has 2 aromatic carbocycles. The predicted molar refractivity (Wildman–Crippen MR) is 135 cm³/mol. The number of nitrogens with zero attached hydrogens (tertiary/aromatic N) is 5. The summed E-state index contributed by atoms with van der Waals surface area (Å²) in [6.07, 6.45) is 3.68. The van der Waals surface area contributed by atoms with Gasteiger partial charge in [-0.2, -0.15) is 0 Å². The summed E-state index contributed by atoms with van der Waals surface area (Å²) < 4.78 is 29.1. The van der Waals surface area contributed by atoms with Gasteiger partial charge in [0.15, 0.2) is 5.65 Å². The summed E-state index contributed by atoms with van der Waals surface area (Å²) in [4.78, 5) is 21.5. The van der Waals surface area contributed by atoms with Crippen LogP contribution in [0.5, 0.6) is 0 Å². The molecule has 3 heterocycles.